The fraction of sp³-hybridized carbons (Fsp3) is 0.957. The SMILES string of the molecule is CO[C@@H]1CC(O)O[C@@H](C)[C@@H]1O[C@H]1C[C@@H](OC)[C@@H](O[C@H]2C[C@@H](OC)[C@@H](OC(C)=O)[C@H](C)O2)[C@H](C)O1. The Morgan fingerprint density at radius 1 is 0.706 bits per heavy atom. The molecule has 0 aromatic rings. The Labute approximate surface area is 201 Å². The number of methoxy groups -OCH3 is 3. The third-order valence-electron chi connectivity index (χ3n) is 6.70. The maximum absolute atomic E-state index is 11.5. The minimum Gasteiger partial charge on any atom is -0.457 e. The second-order valence-electron chi connectivity index (χ2n) is 9.14. The van der Waals surface area contributed by atoms with Gasteiger partial charge in [-0.3, -0.25) is 4.79 Å². The highest BCUT2D eigenvalue weighted by Crippen LogP contribution is 2.33. The molecule has 34 heavy (non-hydrogen) atoms. The molecule has 1 unspecified atom stereocenters. The van der Waals surface area contributed by atoms with E-state index in [1.807, 2.05) is 20.8 Å². The van der Waals surface area contributed by atoms with Crippen molar-refractivity contribution in [2.45, 2.75) is 121 Å². The van der Waals surface area contributed by atoms with Gasteiger partial charge < -0.3 is 47.7 Å². The summed E-state index contributed by atoms with van der Waals surface area (Å²) in [6, 6.07) is 0. The average molecular weight is 493 g/mol. The van der Waals surface area contributed by atoms with Crippen LogP contribution >= 0.6 is 0 Å². The molecule has 1 N–H and O–H groups in total. The number of esters is 1. The zero-order valence-electron chi connectivity index (χ0n) is 21.1. The zero-order chi connectivity index (χ0) is 25.0. The lowest BCUT2D eigenvalue weighted by atomic mass is 9.99. The maximum atomic E-state index is 11.5. The van der Waals surface area contributed by atoms with Gasteiger partial charge in [-0.15, -0.1) is 0 Å². The largest absolute Gasteiger partial charge is 0.457 e. The first kappa shape index (κ1) is 27.7. The molecule has 0 spiro atoms. The van der Waals surface area contributed by atoms with Crippen molar-refractivity contribution in [2.75, 3.05) is 21.3 Å². The molecule has 0 amide bonds. The Balaban J connectivity index is 1.61. The zero-order valence-corrected chi connectivity index (χ0v) is 21.1. The van der Waals surface area contributed by atoms with Gasteiger partial charge in [-0.25, -0.2) is 0 Å². The molecule has 3 aliphatic heterocycles. The van der Waals surface area contributed by atoms with Crippen LogP contribution in [0.1, 0.15) is 47.0 Å². The van der Waals surface area contributed by atoms with Gasteiger partial charge in [0.1, 0.15) is 18.3 Å². The van der Waals surface area contributed by atoms with Crippen LogP contribution in [-0.4, -0.2) is 106 Å². The van der Waals surface area contributed by atoms with Gasteiger partial charge in [0.15, 0.2) is 25.0 Å². The van der Waals surface area contributed by atoms with Gasteiger partial charge in [0.2, 0.25) is 0 Å². The Hall–Kier alpha value is -0.890. The van der Waals surface area contributed by atoms with Gasteiger partial charge in [0.25, 0.3) is 0 Å². The number of hydrogen-bond donors (Lipinski definition) is 1. The van der Waals surface area contributed by atoms with E-state index in [2.05, 4.69) is 0 Å². The summed E-state index contributed by atoms with van der Waals surface area (Å²) in [5.41, 5.74) is 0. The summed E-state index contributed by atoms with van der Waals surface area (Å²) in [4.78, 5) is 11.5. The lowest BCUT2D eigenvalue weighted by Crippen LogP contribution is -2.57. The van der Waals surface area contributed by atoms with Gasteiger partial charge in [-0.2, -0.15) is 0 Å². The van der Waals surface area contributed by atoms with Gasteiger partial charge in [0, 0.05) is 47.5 Å². The summed E-state index contributed by atoms with van der Waals surface area (Å²) in [5, 5.41) is 9.86. The maximum Gasteiger partial charge on any atom is 0.303 e. The van der Waals surface area contributed by atoms with Crippen molar-refractivity contribution in [1.29, 1.82) is 0 Å². The molecule has 3 aliphatic rings. The number of aliphatic hydroxyl groups is 1. The van der Waals surface area contributed by atoms with Crippen molar-refractivity contribution in [3.63, 3.8) is 0 Å². The minimum atomic E-state index is -0.884. The van der Waals surface area contributed by atoms with E-state index >= 15 is 0 Å². The molecule has 0 aromatic carbocycles. The van der Waals surface area contributed by atoms with Crippen LogP contribution in [0.3, 0.4) is 0 Å². The highest BCUT2D eigenvalue weighted by molar-refractivity contribution is 5.66. The Morgan fingerprint density at radius 3 is 1.59 bits per heavy atom. The van der Waals surface area contributed by atoms with Crippen LogP contribution in [0.15, 0.2) is 0 Å². The summed E-state index contributed by atoms with van der Waals surface area (Å²) >= 11 is 0. The van der Waals surface area contributed by atoms with E-state index in [0.717, 1.165) is 0 Å². The van der Waals surface area contributed by atoms with E-state index in [9.17, 15) is 9.90 Å². The lowest BCUT2D eigenvalue weighted by Gasteiger charge is -2.45. The lowest BCUT2D eigenvalue weighted by molar-refractivity contribution is -0.334. The van der Waals surface area contributed by atoms with Gasteiger partial charge in [-0.05, 0) is 20.8 Å². The summed E-state index contributed by atoms with van der Waals surface area (Å²) in [5.74, 6) is -0.385. The van der Waals surface area contributed by atoms with Crippen molar-refractivity contribution in [3.8, 4) is 0 Å². The summed E-state index contributed by atoms with van der Waals surface area (Å²) in [7, 11) is 4.78. The standard InChI is InChI=1S/C23H40O11/c1-11-22(15(26-5)8-18(25)29-11)33-20-10-17(28-7)23(13(3)31-20)34-19-9-16(27-6)21(12(2)30-19)32-14(4)24/h11-13,15-23,25H,8-10H2,1-7H3/t11-,12-,13-,15+,16+,17+,18?,19-,20-,21-,22-,23-/m0/s1. The number of ether oxygens (including phenoxy) is 9. The van der Waals surface area contributed by atoms with E-state index in [-0.39, 0.29) is 36.5 Å². The van der Waals surface area contributed by atoms with Crippen LogP contribution in [0.2, 0.25) is 0 Å². The highest BCUT2D eigenvalue weighted by Gasteiger charge is 2.46. The predicted molar refractivity (Wildman–Crippen MR) is 117 cm³/mol. The molecule has 11 heteroatoms. The fourth-order valence-electron chi connectivity index (χ4n) is 4.99. The van der Waals surface area contributed by atoms with Crippen LogP contribution in [0.25, 0.3) is 0 Å². The third kappa shape index (κ3) is 6.65. The van der Waals surface area contributed by atoms with Gasteiger partial charge in [-0.1, -0.05) is 0 Å². The number of carbonyl (C=O) groups excluding carboxylic acids is 1. The Kier molecular flexibility index (Phi) is 10.1. The van der Waals surface area contributed by atoms with E-state index in [0.29, 0.717) is 19.3 Å². The second-order valence-corrected chi connectivity index (χ2v) is 9.14. The number of aliphatic hydroxyl groups excluding tert-OH is 1. The van der Waals surface area contributed by atoms with E-state index < -0.39 is 43.3 Å². The van der Waals surface area contributed by atoms with E-state index in [1.165, 1.54) is 6.92 Å². The molecule has 0 saturated carbocycles. The quantitative estimate of drug-likeness (QED) is 0.491. The van der Waals surface area contributed by atoms with Gasteiger partial charge >= 0.3 is 5.97 Å². The van der Waals surface area contributed by atoms with Crippen LogP contribution in [0.5, 0.6) is 0 Å². The van der Waals surface area contributed by atoms with Crippen molar-refractivity contribution in [1.82, 2.24) is 0 Å². The summed E-state index contributed by atoms with van der Waals surface area (Å²) in [6.45, 7) is 6.92. The third-order valence-corrected chi connectivity index (χ3v) is 6.70. The molecule has 0 bridgehead atoms. The smallest absolute Gasteiger partial charge is 0.303 e. The van der Waals surface area contributed by atoms with E-state index in [4.69, 9.17) is 42.6 Å². The van der Waals surface area contributed by atoms with Gasteiger partial charge in [0.05, 0.1) is 30.5 Å². The topological polar surface area (TPSA) is 120 Å². The average Bonchev–Trinajstić information content (AvgIpc) is 2.78. The van der Waals surface area contributed by atoms with Crippen molar-refractivity contribution >= 4 is 5.97 Å². The number of carbonyl (C=O) groups is 1. The number of hydrogen-bond acceptors (Lipinski definition) is 11. The molecule has 0 aromatic heterocycles. The Morgan fingerprint density at radius 2 is 1.12 bits per heavy atom. The van der Waals surface area contributed by atoms with E-state index in [1.54, 1.807) is 21.3 Å². The molecule has 3 saturated heterocycles. The van der Waals surface area contributed by atoms with Crippen molar-refractivity contribution in [2.24, 2.45) is 0 Å². The molecule has 3 fully saturated rings. The highest BCUT2D eigenvalue weighted by atomic mass is 16.7. The normalized spacial score (nSPS) is 45.6. The monoisotopic (exact) mass is 492 g/mol. The summed E-state index contributed by atoms with van der Waals surface area (Å²) < 4.78 is 52.4. The number of rotatable bonds is 8. The molecule has 12 atom stereocenters. The van der Waals surface area contributed by atoms with Crippen LogP contribution in [0.4, 0.5) is 0 Å². The molecule has 0 aliphatic carbocycles. The van der Waals surface area contributed by atoms with Crippen LogP contribution < -0.4 is 0 Å². The molecule has 198 valence electrons. The molecule has 3 rings (SSSR count). The van der Waals surface area contributed by atoms with Crippen LogP contribution in [0, 0.1) is 0 Å². The molecule has 3 heterocycles. The Bertz CT molecular complexity index is 648. The molecule has 11 nitrogen and oxygen atoms in total. The molecule has 0 radical (unpaired) electrons. The first-order valence-electron chi connectivity index (χ1n) is 11.9. The van der Waals surface area contributed by atoms with Crippen molar-refractivity contribution in [3.05, 3.63) is 0 Å². The minimum absolute atomic E-state index is 0.314. The van der Waals surface area contributed by atoms with Crippen LogP contribution in [-0.2, 0) is 47.4 Å². The first-order chi connectivity index (χ1) is 16.2. The molecular weight excluding hydrogens is 452 g/mol. The predicted octanol–water partition coefficient (Wildman–Crippen LogP) is 1.13. The summed E-state index contributed by atoms with van der Waals surface area (Å²) in [6.07, 6.45) is -4.32. The second kappa shape index (κ2) is 12.4. The molecular formula is C23H40O11. The first-order valence-corrected chi connectivity index (χ1v) is 11.9. The fourth-order valence-corrected chi connectivity index (χ4v) is 4.99. The van der Waals surface area contributed by atoms with Crippen molar-refractivity contribution < 1.29 is 52.5 Å².